The standard InChI is InChI=1S/C10H12F3N3O3/c1-19-5-3-6(8(17)18)15-9-14-4-2-7(16-9)10(11,12)13/h2,4,6H,3,5H2,1H3,(H,17,18)(H,14,15,16). The van der Waals surface area contributed by atoms with Crippen LogP contribution in [-0.4, -0.2) is 40.8 Å². The number of nitrogens with zero attached hydrogens (tertiary/aromatic N) is 2. The van der Waals surface area contributed by atoms with Crippen LogP contribution in [0.25, 0.3) is 0 Å². The molecule has 0 saturated heterocycles. The van der Waals surface area contributed by atoms with Gasteiger partial charge in [0, 0.05) is 26.3 Å². The summed E-state index contributed by atoms with van der Waals surface area (Å²) in [5, 5.41) is 11.2. The molecule has 9 heteroatoms. The maximum absolute atomic E-state index is 12.4. The van der Waals surface area contributed by atoms with Crippen molar-refractivity contribution in [1.29, 1.82) is 0 Å². The highest BCUT2D eigenvalue weighted by Crippen LogP contribution is 2.27. The number of anilines is 1. The molecule has 1 aromatic rings. The molecule has 0 fully saturated rings. The summed E-state index contributed by atoms with van der Waals surface area (Å²) in [6, 6.07) is -0.417. The minimum atomic E-state index is -4.61. The van der Waals surface area contributed by atoms with E-state index in [1.807, 2.05) is 0 Å². The largest absolute Gasteiger partial charge is 0.480 e. The molecule has 0 amide bonds. The lowest BCUT2D eigenvalue weighted by molar-refractivity contribution is -0.141. The molecule has 0 saturated carbocycles. The summed E-state index contributed by atoms with van der Waals surface area (Å²) < 4.78 is 42.0. The topological polar surface area (TPSA) is 84.3 Å². The second-order valence-electron chi connectivity index (χ2n) is 3.58. The van der Waals surface area contributed by atoms with Crippen LogP contribution in [0.15, 0.2) is 12.3 Å². The predicted octanol–water partition coefficient (Wildman–Crippen LogP) is 1.40. The van der Waals surface area contributed by atoms with E-state index >= 15 is 0 Å². The Morgan fingerprint density at radius 2 is 2.26 bits per heavy atom. The SMILES string of the molecule is COCCC(Nc1nccc(C(F)(F)F)n1)C(=O)O. The molecule has 19 heavy (non-hydrogen) atoms. The number of carbonyl (C=O) groups is 1. The molecular weight excluding hydrogens is 267 g/mol. The summed E-state index contributed by atoms with van der Waals surface area (Å²) in [5.41, 5.74) is -1.14. The normalized spacial score (nSPS) is 13.1. The highest BCUT2D eigenvalue weighted by molar-refractivity contribution is 5.76. The van der Waals surface area contributed by atoms with Crippen LogP contribution in [0.2, 0.25) is 0 Å². The summed E-state index contributed by atoms with van der Waals surface area (Å²) in [6.45, 7) is 0.142. The number of carboxylic acids is 1. The van der Waals surface area contributed by atoms with Crippen LogP contribution < -0.4 is 5.32 Å². The average Bonchev–Trinajstić information content (AvgIpc) is 2.33. The third-order valence-electron chi connectivity index (χ3n) is 2.16. The molecule has 1 rings (SSSR count). The minimum absolute atomic E-state index is 0.0748. The third kappa shape index (κ3) is 4.70. The van der Waals surface area contributed by atoms with Crippen molar-refractivity contribution in [1.82, 2.24) is 9.97 Å². The maximum Gasteiger partial charge on any atom is 0.433 e. The van der Waals surface area contributed by atoms with E-state index in [0.29, 0.717) is 6.07 Å². The number of ether oxygens (including phenoxy) is 1. The first-order valence-corrected chi connectivity index (χ1v) is 5.23. The fraction of sp³-hybridized carbons (Fsp3) is 0.500. The van der Waals surface area contributed by atoms with E-state index in [4.69, 9.17) is 9.84 Å². The highest BCUT2D eigenvalue weighted by atomic mass is 19.4. The molecule has 0 aliphatic heterocycles. The number of aromatic nitrogens is 2. The van der Waals surface area contributed by atoms with E-state index in [1.54, 1.807) is 0 Å². The lowest BCUT2D eigenvalue weighted by Crippen LogP contribution is -2.31. The van der Waals surface area contributed by atoms with Gasteiger partial charge >= 0.3 is 12.1 Å². The van der Waals surface area contributed by atoms with E-state index in [0.717, 1.165) is 6.20 Å². The van der Waals surface area contributed by atoms with Gasteiger partial charge in [-0.3, -0.25) is 0 Å². The summed E-state index contributed by atoms with van der Waals surface area (Å²) >= 11 is 0. The zero-order valence-corrected chi connectivity index (χ0v) is 9.94. The lowest BCUT2D eigenvalue weighted by Gasteiger charge is -2.14. The maximum atomic E-state index is 12.4. The number of hydrogen-bond acceptors (Lipinski definition) is 5. The Balaban J connectivity index is 2.82. The van der Waals surface area contributed by atoms with Crippen LogP contribution in [0.5, 0.6) is 0 Å². The average molecular weight is 279 g/mol. The Hall–Kier alpha value is -1.90. The van der Waals surface area contributed by atoms with Crippen LogP contribution in [0, 0.1) is 0 Å². The van der Waals surface area contributed by atoms with Gasteiger partial charge in [-0.15, -0.1) is 0 Å². The predicted molar refractivity (Wildman–Crippen MR) is 58.6 cm³/mol. The Kier molecular flexibility index (Phi) is 5.04. The summed E-state index contributed by atoms with van der Waals surface area (Å²) in [5.74, 6) is -1.61. The van der Waals surface area contributed by atoms with Crippen molar-refractivity contribution in [3.05, 3.63) is 18.0 Å². The smallest absolute Gasteiger partial charge is 0.433 e. The monoisotopic (exact) mass is 279 g/mol. The highest BCUT2D eigenvalue weighted by Gasteiger charge is 2.33. The van der Waals surface area contributed by atoms with Crippen LogP contribution >= 0.6 is 0 Å². The third-order valence-corrected chi connectivity index (χ3v) is 2.16. The van der Waals surface area contributed by atoms with Crippen molar-refractivity contribution < 1.29 is 27.8 Å². The molecule has 1 unspecified atom stereocenters. The summed E-state index contributed by atoms with van der Waals surface area (Å²) in [7, 11) is 1.39. The molecule has 0 radical (unpaired) electrons. The number of nitrogens with one attached hydrogen (secondary N) is 1. The van der Waals surface area contributed by atoms with Gasteiger partial charge in [-0.2, -0.15) is 13.2 Å². The number of hydrogen-bond donors (Lipinski definition) is 2. The fourth-order valence-electron chi connectivity index (χ4n) is 1.24. The van der Waals surface area contributed by atoms with Gasteiger partial charge in [-0.25, -0.2) is 14.8 Å². The lowest BCUT2D eigenvalue weighted by atomic mass is 10.2. The molecule has 0 aromatic carbocycles. The van der Waals surface area contributed by atoms with Gasteiger partial charge in [0.05, 0.1) is 0 Å². The van der Waals surface area contributed by atoms with Crippen molar-refractivity contribution in [2.24, 2.45) is 0 Å². The summed E-state index contributed by atoms with van der Waals surface area (Å²) in [6.07, 6.45) is -3.62. The van der Waals surface area contributed by atoms with Crippen molar-refractivity contribution in [2.75, 3.05) is 19.0 Å². The number of halogens is 3. The van der Waals surface area contributed by atoms with Crippen LogP contribution in [-0.2, 0) is 15.7 Å². The number of aliphatic carboxylic acids is 1. The zero-order chi connectivity index (χ0) is 14.5. The van der Waals surface area contributed by atoms with Crippen molar-refractivity contribution >= 4 is 11.9 Å². The molecule has 1 heterocycles. The van der Waals surface area contributed by atoms with Crippen molar-refractivity contribution in [2.45, 2.75) is 18.6 Å². The molecule has 0 spiro atoms. The molecular formula is C10H12F3N3O3. The van der Waals surface area contributed by atoms with Gasteiger partial charge in [-0.05, 0) is 6.07 Å². The van der Waals surface area contributed by atoms with Gasteiger partial charge in [0.1, 0.15) is 11.7 Å². The Morgan fingerprint density at radius 3 is 2.79 bits per heavy atom. The molecule has 6 nitrogen and oxygen atoms in total. The zero-order valence-electron chi connectivity index (χ0n) is 9.94. The van der Waals surface area contributed by atoms with E-state index in [2.05, 4.69) is 15.3 Å². The number of carboxylic acid groups (broad SMARTS) is 1. The molecule has 0 aliphatic carbocycles. The van der Waals surface area contributed by atoms with Gasteiger partial charge in [0.2, 0.25) is 5.95 Å². The van der Waals surface area contributed by atoms with Gasteiger partial charge < -0.3 is 15.2 Å². The van der Waals surface area contributed by atoms with Gasteiger partial charge in [-0.1, -0.05) is 0 Å². The van der Waals surface area contributed by atoms with Crippen LogP contribution in [0.3, 0.4) is 0 Å². The molecule has 1 atom stereocenters. The van der Waals surface area contributed by atoms with Crippen LogP contribution in [0.1, 0.15) is 12.1 Å². The van der Waals surface area contributed by atoms with E-state index in [-0.39, 0.29) is 13.0 Å². The second-order valence-corrected chi connectivity index (χ2v) is 3.58. The van der Waals surface area contributed by atoms with Crippen molar-refractivity contribution in [3.8, 4) is 0 Å². The Morgan fingerprint density at radius 1 is 1.58 bits per heavy atom. The van der Waals surface area contributed by atoms with E-state index < -0.39 is 29.8 Å². The van der Waals surface area contributed by atoms with Gasteiger partial charge in [0.25, 0.3) is 0 Å². The van der Waals surface area contributed by atoms with E-state index in [1.165, 1.54) is 7.11 Å². The Labute approximate surface area is 106 Å². The Bertz CT molecular complexity index is 440. The molecule has 0 bridgehead atoms. The second kappa shape index (κ2) is 6.32. The van der Waals surface area contributed by atoms with E-state index in [9.17, 15) is 18.0 Å². The molecule has 2 N–H and O–H groups in total. The van der Waals surface area contributed by atoms with Crippen molar-refractivity contribution in [3.63, 3.8) is 0 Å². The first kappa shape index (κ1) is 15.2. The fourth-order valence-corrected chi connectivity index (χ4v) is 1.24. The first-order chi connectivity index (χ1) is 8.84. The summed E-state index contributed by atoms with van der Waals surface area (Å²) in [4.78, 5) is 17.7. The number of rotatable bonds is 6. The van der Waals surface area contributed by atoms with Crippen LogP contribution in [0.4, 0.5) is 19.1 Å². The molecule has 106 valence electrons. The van der Waals surface area contributed by atoms with Gasteiger partial charge in [0.15, 0.2) is 0 Å². The first-order valence-electron chi connectivity index (χ1n) is 5.23. The number of alkyl halides is 3. The quantitative estimate of drug-likeness (QED) is 0.818. The number of methoxy groups -OCH3 is 1. The molecule has 0 aliphatic rings. The molecule has 1 aromatic heterocycles. The minimum Gasteiger partial charge on any atom is -0.480 e.